The van der Waals surface area contributed by atoms with Crippen LogP contribution in [-0.4, -0.2) is 11.9 Å². The molecule has 0 aliphatic rings. The Bertz CT molecular complexity index is 352. The zero-order chi connectivity index (χ0) is 12.0. The van der Waals surface area contributed by atoms with E-state index in [-0.39, 0.29) is 11.9 Å². The van der Waals surface area contributed by atoms with Crippen LogP contribution in [0.4, 0.5) is 0 Å². The molecular weight excluding hydrogens is 218 g/mol. The molecule has 0 fully saturated rings. The first kappa shape index (κ1) is 13.1. The van der Waals surface area contributed by atoms with Gasteiger partial charge in [0, 0.05) is 10.9 Å². The molecule has 1 rings (SSSR count). The lowest BCUT2D eigenvalue weighted by atomic mass is 10.1. The van der Waals surface area contributed by atoms with E-state index in [1.807, 2.05) is 18.2 Å². The fourth-order valence-electron chi connectivity index (χ4n) is 1.66. The van der Waals surface area contributed by atoms with Gasteiger partial charge in [-0.1, -0.05) is 32.4 Å². The predicted octanol–water partition coefficient (Wildman–Crippen LogP) is 3.28. The minimum absolute atomic E-state index is 0.0223. The van der Waals surface area contributed by atoms with E-state index in [2.05, 4.69) is 31.8 Å². The van der Waals surface area contributed by atoms with Crippen molar-refractivity contribution >= 4 is 18.5 Å². The summed E-state index contributed by atoms with van der Waals surface area (Å²) in [7, 11) is 0. The van der Waals surface area contributed by atoms with E-state index in [0.29, 0.717) is 5.56 Å². The summed E-state index contributed by atoms with van der Waals surface area (Å²) < 4.78 is 0. The second-order valence-electron chi connectivity index (χ2n) is 3.88. The second kappa shape index (κ2) is 6.59. The molecule has 3 heteroatoms. The number of amides is 1. The van der Waals surface area contributed by atoms with Gasteiger partial charge in [-0.3, -0.25) is 4.79 Å². The maximum Gasteiger partial charge on any atom is 0.252 e. The lowest BCUT2D eigenvalue weighted by Gasteiger charge is -2.16. The first-order valence-corrected chi connectivity index (χ1v) is 6.22. The summed E-state index contributed by atoms with van der Waals surface area (Å²) >= 11 is 4.28. The summed E-state index contributed by atoms with van der Waals surface area (Å²) in [6.45, 7) is 4.22. The molecule has 1 atom stereocenters. The number of nitrogens with one attached hydrogen (secondary N) is 1. The Hall–Kier alpha value is -0.960. The number of hydrogen-bond acceptors (Lipinski definition) is 2. The largest absolute Gasteiger partial charge is 0.349 e. The van der Waals surface area contributed by atoms with Crippen molar-refractivity contribution in [2.24, 2.45) is 0 Å². The Morgan fingerprint density at radius 1 is 1.38 bits per heavy atom. The van der Waals surface area contributed by atoms with Crippen LogP contribution in [0, 0.1) is 0 Å². The maximum atomic E-state index is 11.9. The second-order valence-corrected chi connectivity index (χ2v) is 4.37. The zero-order valence-corrected chi connectivity index (χ0v) is 10.8. The first-order valence-electron chi connectivity index (χ1n) is 5.77. The molecule has 0 aliphatic carbocycles. The monoisotopic (exact) mass is 237 g/mol. The quantitative estimate of drug-likeness (QED) is 0.756. The first-order chi connectivity index (χ1) is 7.69. The third kappa shape index (κ3) is 3.56. The maximum absolute atomic E-state index is 11.9. The average Bonchev–Trinajstić information content (AvgIpc) is 2.28. The van der Waals surface area contributed by atoms with E-state index < -0.39 is 0 Å². The lowest BCUT2D eigenvalue weighted by molar-refractivity contribution is 0.0931. The van der Waals surface area contributed by atoms with Crippen LogP contribution in [0.15, 0.2) is 29.2 Å². The minimum Gasteiger partial charge on any atom is -0.349 e. The van der Waals surface area contributed by atoms with E-state index in [1.165, 1.54) is 0 Å². The fourth-order valence-corrected chi connectivity index (χ4v) is 1.92. The topological polar surface area (TPSA) is 29.1 Å². The Kier molecular flexibility index (Phi) is 5.39. The van der Waals surface area contributed by atoms with Crippen molar-refractivity contribution in [2.45, 2.75) is 44.0 Å². The highest BCUT2D eigenvalue weighted by Crippen LogP contribution is 2.13. The van der Waals surface area contributed by atoms with Crippen LogP contribution < -0.4 is 5.32 Å². The van der Waals surface area contributed by atoms with Crippen LogP contribution in [0.1, 0.15) is 43.5 Å². The molecule has 0 saturated carbocycles. The highest BCUT2D eigenvalue weighted by atomic mass is 32.1. The van der Waals surface area contributed by atoms with Gasteiger partial charge in [-0.15, -0.1) is 12.6 Å². The van der Waals surface area contributed by atoms with Crippen LogP contribution in [0.3, 0.4) is 0 Å². The molecule has 1 amide bonds. The molecule has 1 aromatic rings. The van der Waals surface area contributed by atoms with Crippen molar-refractivity contribution in [3.05, 3.63) is 29.8 Å². The summed E-state index contributed by atoms with van der Waals surface area (Å²) in [6.07, 6.45) is 3.08. The summed E-state index contributed by atoms with van der Waals surface area (Å²) in [5.41, 5.74) is 0.653. The van der Waals surface area contributed by atoms with Crippen molar-refractivity contribution < 1.29 is 4.79 Å². The Morgan fingerprint density at radius 3 is 2.62 bits per heavy atom. The number of carbonyl (C=O) groups is 1. The van der Waals surface area contributed by atoms with Gasteiger partial charge >= 0.3 is 0 Å². The molecule has 0 aromatic heterocycles. The van der Waals surface area contributed by atoms with Gasteiger partial charge in [-0.2, -0.15) is 0 Å². The SMILES string of the molecule is CCCC(CC)NC(=O)c1ccccc1S. The summed E-state index contributed by atoms with van der Waals surface area (Å²) in [5.74, 6) is -0.0223. The smallest absolute Gasteiger partial charge is 0.252 e. The van der Waals surface area contributed by atoms with Crippen molar-refractivity contribution in [1.82, 2.24) is 5.32 Å². The molecule has 88 valence electrons. The van der Waals surface area contributed by atoms with Gasteiger partial charge in [0.25, 0.3) is 5.91 Å². The van der Waals surface area contributed by atoms with Crippen molar-refractivity contribution in [1.29, 1.82) is 0 Å². The van der Waals surface area contributed by atoms with Crippen LogP contribution in [0.25, 0.3) is 0 Å². The average molecular weight is 237 g/mol. The van der Waals surface area contributed by atoms with Crippen LogP contribution in [0.5, 0.6) is 0 Å². The van der Waals surface area contributed by atoms with E-state index in [0.717, 1.165) is 24.2 Å². The summed E-state index contributed by atoms with van der Waals surface area (Å²) in [6, 6.07) is 7.64. The summed E-state index contributed by atoms with van der Waals surface area (Å²) in [4.78, 5) is 12.7. The van der Waals surface area contributed by atoms with Crippen LogP contribution in [-0.2, 0) is 0 Å². The van der Waals surface area contributed by atoms with Gasteiger partial charge in [0.05, 0.1) is 5.56 Å². The molecule has 1 N–H and O–H groups in total. The molecule has 0 bridgehead atoms. The summed E-state index contributed by atoms with van der Waals surface area (Å²) in [5, 5.41) is 3.04. The van der Waals surface area contributed by atoms with Gasteiger partial charge < -0.3 is 5.32 Å². The number of carbonyl (C=O) groups excluding carboxylic acids is 1. The standard InChI is InChI=1S/C13H19NOS/c1-3-7-10(4-2)14-13(15)11-8-5-6-9-12(11)16/h5-6,8-10,16H,3-4,7H2,1-2H3,(H,14,15). The van der Waals surface area contributed by atoms with Crippen LogP contribution in [0.2, 0.25) is 0 Å². The van der Waals surface area contributed by atoms with E-state index in [1.54, 1.807) is 6.07 Å². The zero-order valence-electron chi connectivity index (χ0n) is 9.86. The van der Waals surface area contributed by atoms with E-state index >= 15 is 0 Å². The Morgan fingerprint density at radius 2 is 2.06 bits per heavy atom. The van der Waals surface area contributed by atoms with Gasteiger partial charge in [-0.25, -0.2) is 0 Å². The van der Waals surface area contributed by atoms with E-state index in [4.69, 9.17) is 0 Å². The van der Waals surface area contributed by atoms with Crippen molar-refractivity contribution in [3.63, 3.8) is 0 Å². The third-order valence-corrected chi connectivity index (χ3v) is 3.00. The number of hydrogen-bond donors (Lipinski definition) is 2. The van der Waals surface area contributed by atoms with Gasteiger partial charge in [0.15, 0.2) is 0 Å². The Labute approximate surface area is 103 Å². The molecule has 0 spiro atoms. The molecule has 2 nitrogen and oxygen atoms in total. The number of rotatable bonds is 5. The molecule has 16 heavy (non-hydrogen) atoms. The van der Waals surface area contributed by atoms with Gasteiger partial charge in [0.2, 0.25) is 0 Å². The molecule has 1 aromatic carbocycles. The molecule has 0 heterocycles. The molecular formula is C13H19NOS. The Balaban J connectivity index is 2.68. The van der Waals surface area contributed by atoms with Crippen molar-refractivity contribution in [2.75, 3.05) is 0 Å². The minimum atomic E-state index is -0.0223. The number of thiol groups is 1. The third-order valence-electron chi connectivity index (χ3n) is 2.61. The van der Waals surface area contributed by atoms with Crippen molar-refractivity contribution in [3.8, 4) is 0 Å². The highest BCUT2D eigenvalue weighted by molar-refractivity contribution is 7.80. The predicted molar refractivity (Wildman–Crippen MR) is 70.1 cm³/mol. The normalized spacial score (nSPS) is 12.2. The number of benzene rings is 1. The van der Waals surface area contributed by atoms with E-state index in [9.17, 15) is 4.79 Å². The highest BCUT2D eigenvalue weighted by Gasteiger charge is 2.12. The van der Waals surface area contributed by atoms with Gasteiger partial charge in [0.1, 0.15) is 0 Å². The fraction of sp³-hybridized carbons (Fsp3) is 0.462. The molecule has 0 saturated heterocycles. The molecule has 0 radical (unpaired) electrons. The molecule has 0 aliphatic heterocycles. The van der Waals surface area contributed by atoms with Crippen LogP contribution >= 0.6 is 12.6 Å². The van der Waals surface area contributed by atoms with Gasteiger partial charge in [-0.05, 0) is 25.0 Å². The lowest BCUT2D eigenvalue weighted by Crippen LogP contribution is -2.34. The molecule has 1 unspecified atom stereocenters.